The van der Waals surface area contributed by atoms with Crippen LogP contribution in [0.1, 0.15) is 11.8 Å². The van der Waals surface area contributed by atoms with E-state index in [0.29, 0.717) is 6.61 Å². The van der Waals surface area contributed by atoms with Gasteiger partial charge >= 0.3 is 0 Å². The number of nitrogens with one attached hydrogen (secondary N) is 1. The van der Waals surface area contributed by atoms with Gasteiger partial charge in [-0.3, -0.25) is 0 Å². The quantitative estimate of drug-likeness (QED) is 0.857. The van der Waals surface area contributed by atoms with Crippen molar-refractivity contribution in [3.05, 3.63) is 34.8 Å². The van der Waals surface area contributed by atoms with Crippen LogP contribution in [-0.2, 0) is 11.3 Å². The number of anilines is 1. The molecule has 0 amide bonds. The van der Waals surface area contributed by atoms with Crippen molar-refractivity contribution >= 4 is 17.3 Å². The maximum absolute atomic E-state index is 5.10. The van der Waals surface area contributed by atoms with E-state index in [1.54, 1.807) is 18.4 Å². The largest absolute Gasteiger partial charge is 0.383 e. The second-order valence-corrected chi connectivity index (χ2v) is 4.99. The first-order chi connectivity index (χ1) is 8.29. The molecule has 92 valence electrons. The summed E-state index contributed by atoms with van der Waals surface area (Å²) in [5, 5.41) is 5.43. The second-order valence-electron chi connectivity index (χ2n) is 3.96. The lowest BCUT2D eigenvalue weighted by Gasteiger charge is -2.14. The highest BCUT2D eigenvalue weighted by Crippen LogP contribution is 2.14. The van der Waals surface area contributed by atoms with Crippen molar-refractivity contribution in [1.29, 1.82) is 0 Å². The molecule has 2 heterocycles. The van der Waals surface area contributed by atoms with E-state index >= 15 is 0 Å². The molecule has 0 fully saturated rings. The fraction of sp³-hybridized carbons (Fsp3) is 0.417. The molecule has 1 atom stereocenters. The molecule has 0 aliphatic rings. The molecule has 0 bridgehead atoms. The van der Waals surface area contributed by atoms with Crippen LogP contribution in [0.2, 0.25) is 0 Å². The first-order valence-electron chi connectivity index (χ1n) is 5.58. The van der Waals surface area contributed by atoms with Crippen LogP contribution in [0, 0.1) is 0 Å². The summed E-state index contributed by atoms with van der Waals surface area (Å²) in [6.45, 7) is 3.61. The van der Waals surface area contributed by atoms with Crippen LogP contribution in [0.4, 0.5) is 5.95 Å². The van der Waals surface area contributed by atoms with Crippen molar-refractivity contribution in [2.24, 2.45) is 0 Å². The van der Waals surface area contributed by atoms with Gasteiger partial charge in [-0.15, -0.1) is 11.3 Å². The number of nitrogens with zero attached hydrogens (tertiary/aromatic N) is 2. The van der Waals surface area contributed by atoms with Crippen LogP contribution >= 0.6 is 11.3 Å². The Morgan fingerprint density at radius 3 is 3.18 bits per heavy atom. The topological polar surface area (TPSA) is 39.1 Å². The molecule has 4 nitrogen and oxygen atoms in total. The van der Waals surface area contributed by atoms with E-state index in [0.717, 1.165) is 12.5 Å². The van der Waals surface area contributed by atoms with E-state index in [1.807, 2.05) is 12.4 Å². The Bertz CT molecular complexity index is 438. The summed E-state index contributed by atoms with van der Waals surface area (Å²) in [4.78, 5) is 5.64. The predicted molar refractivity (Wildman–Crippen MR) is 70.6 cm³/mol. The summed E-state index contributed by atoms with van der Waals surface area (Å²) >= 11 is 1.76. The smallest absolute Gasteiger partial charge is 0.203 e. The molecule has 2 aromatic heterocycles. The molecule has 0 saturated heterocycles. The van der Waals surface area contributed by atoms with Gasteiger partial charge in [0.2, 0.25) is 5.95 Å². The van der Waals surface area contributed by atoms with Gasteiger partial charge in [0.1, 0.15) is 0 Å². The van der Waals surface area contributed by atoms with Gasteiger partial charge < -0.3 is 14.6 Å². The normalized spacial score (nSPS) is 12.6. The van der Waals surface area contributed by atoms with E-state index in [2.05, 4.69) is 39.3 Å². The molecule has 1 unspecified atom stereocenters. The van der Waals surface area contributed by atoms with Crippen LogP contribution < -0.4 is 5.32 Å². The zero-order valence-electron chi connectivity index (χ0n) is 10.1. The Labute approximate surface area is 105 Å². The SMILES string of the molecule is COCC(C)Nc1nccn1Cc1cccs1. The molecule has 0 aliphatic carbocycles. The molecule has 0 aromatic carbocycles. The lowest BCUT2D eigenvalue weighted by atomic mass is 10.4. The average molecular weight is 251 g/mol. The molecule has 2 rings (SSSR count). The van der Waals surface area contributed by atoms with Gasteiger partial charge in [0.25, 0.3) is 0 Å². The number of rotatable bonds is 6. The van der Waals surface area contributed by atoms with Crippen LogP contribution in [-0.4, -0.2) is 29.3 Å². The monoisotopic (exact) mass is 251 g/mol. The minimum absolute atomic E-state index is 0.254. The van der Waals surface area contributed by atoms with Gasteiger partial charge in [0, 0.05) is 30.4 Å². The molecular formula is C12H17N3OS. The lowest BCUT2D eigenvalue weighted by molar-refractivity contribution is 0.190. The van der Waals surface area contributed by atoms with Crippen molar-refractivity contribution in [3.63, 3.8) is 0 Å². The molecule has 0 spiro atoms. The fourth-order valence-electron chi connectivity index (χ4n) is 1.66. The van der Waals surface area contributed by atoms with Crippen molar-refractivity contribution in [2.45, 2.75) is 19.5 Å². The number of aromatic nitrogens is 2. The summed E-state index contributed by atoms with van der Waals surface area (Å²) < 4.78 is 7.21. The summed E-state index contributed by atoms with van der Waals surface area (Å²) in [5.74, 6) is 0.892. The highest BCUT2D eigenvalue weighted by Gasteiger charge is 2.07. The van der Waals surface area contributed by atoms with Crippen LogP contribution in [0.3, 0.4) is 0 Å². The van der Waals surface area contributed by atoms with Gasteiger partial charge in [0.15, 0.2) is 0 Å². The number of ether oxygens (including phenoxy) is 1. The van der Waals surface area contributed by atoms with Crippen molar-refractivity contribution in [2.75, 3.05) is 19.0 Å². The summed E-state index contributed by atoms with van der Waals surface area (Å²) in [5.41, 5.74) is 0. The Hall–Kier alpha value is -1.33. The van der Waals surface area contributed by atoms with E-state index in [1.165, 1.54) is 4.88 Å². The summed E-state index contributed by atoms with van der Waals surface area (Å²) in [6.07, 6.45) is 3.80. The molecule has 0 saturated carbocycles. The number of methoxy groups -OCH3 is 1. The van der Waals surface area contributed by atoms with Gasteiger partial charge in [-0.1, -0.05) is 6.07 Å². The number of hydrogen-bond acceptors (Lipinski definition) is 4. The standard InChI is InChI=1S/C12H17N3OS/c1-10(9-16-2)14-12-13-5-6-15(12)8-11-4-3-7-17-11/h3-7,10H,8-9H2,1-2H3,(H,13,14). The molecule has 0 aliphatic heterocycles. The first-order valence-corrected chi connectivity index (χ1v) is 6.46. The molecule has 17 heavy (non-hydrogen) atoms. The second kappa shape index (κ2) is 5.84. The van der Waals surface area contributed by atoms with E-state index < -0.39 is 0 Å². The molecule has 5 heteroatoms. The average Bonchev–Trinajstić information content (AvgIpc) is 2.92. The van der Waals surface area contributed by atoms with E-state index in [-0.39, 0.29) is 6.04 Å². The Balaban J connectivity index is 2.01. The lowest BCUT2D eigenvalue weighted by Crippen LogP contribution is -2.23. The summed E-state index contributed by atoms with van der Waals surface area (Å²) in [6, 6.07) is 4.45. The van der Waals surface area contributed by atoms with E-state index in [9.17, 15) is 0 Å². The molecule has 1 N–H and O–H groups in total. The van der Waals surface area contributed by atoms with Gasteiger partial charge in [-0.05, 0) is 18.4 Å². The Kier molecular flexibility index (Phi) is 4.17. The minimum atomic E-state index is 0.254. The maximum Gasteiger partial charge on any atom is 0.203 e. The zero-order chi connectivity index (χ0) is 12.1. The Morgan fingerprint density at radius 2 is 2.47 bits per heavy atom. The van der Waals surface area contributed by atoms with E-state index in [4.69, 9.17) is 4.74 Å². The number of hydrogen-bond donors (Lipinski definition) is 1. The van der Waals surface area contributed by atoms with Crippen LogP contribution in [0.5, 0.6) is 0 Å². The fourth-order valence-corrected chi connectivity index (χ4v) is 2.36. The number of thiophene rings is 1. The van der Waals surface area contributed by atoms with Crippen LogP contribution in [0.15, 0.2) is 29.9 Å². The van der Waals surface area contributed by atoms with Gasteiger partial charge in [-0.25, -0.2) is 4.98 Å². The predicted octanol–water partition coefficient (Wildman–Crippen LogP) is 2.44. The molecular weight excluding hydrogens is 234 g/mol. The van der Waals surface area contributed by atoms with Crippen molar-refractivity contribution in [3.8, 4) is 0 Å². The van der Waals surface area contributed by atoms with Crippen molar-refractivity contribution in [1.82, 2.24) is 9.55 Å². The zero-order valence-corrected chi connectivity index (χ0v) is 10.9. The third-order valence-corrected chi connectivity index (χ3v) is 3.28. The third kappa shape index (κ3) is 3.31. The molecule has 2 aromatic rings. The van der Waals surface area contributed by atoms with Gasteiger partial charge in [-0.2, -0.15) is 0 Å². The maximum atomic E-state index is 5.10. The molecule has 0 radical (unpaired) electrons. The third-order valence-electron chi connectivity index (χ3n) is 2.41. The van der Waals surface area contributed by atoms with Crippen molar-refractivity contribution < 1.29 is 4.74 Å². The van der Waals surface area contributed by atoms with Gasteiger partial charge in [0.05, 0.1) is 13.2 Å². The Morgan fingerprint density at radius 1 is 1.59 bits per heavy atom. The summed E-state index contributed by atoms with van der Waals surface area (Å²) in [7, 11) is 1.70. The van der Waals surface area contributed by atoms with Crippen LogP contribution in [0.25, 0.3) is 0 Å². The number of imidazole rings is 1. The highest BCUT2D eigenvalue weighted by molar-refractivity contribution is 7.09. The first kappa shape index (κ1) is 12.1. The highest BCUT2D eigenvalue weighted by atomic mass is 32.1. The minimum Gasteiger partial charge on any atom is -0.383 e.